The molecule has 0 aliphatic carbocycles. The van der Waals surface area contributed by atoms with Crippen LogP contribution in [0.5, 0.6) is 0 Å². The van der Waals surface area contributed by atoms with Crippen molar-refractivity contribution in [3.05, 3.63) is 80.2 Å². The summed E-state index contributed by atoms with van der Waals surface area (Å²) < 4.78 is 0. The average molecular weight is 426 g/mol. The molecule has 1 amide bonds. The molecule has 2 atom stereocenters. The summed E-state index contributed by atoms with van der Waals surface area (Å²) in [5, 5.41) is 7.48. The first-order chi connectivity index (χ1) is 14.1. The van der Waals surface area contributed by atoms with Crippen LogP contribution in [0.4, 0.5) is 0 Å². The first-order valence-electron chi connectivity index (χ1n) is 9.95. The summed E-state index contributed by atoms with van der Waals surface area (Å²) in [6.07, 6.45) is 1.02. The van der Waals surface area contributed by atoms with E-state index >= 15 is 0 Å². The fourth-order valence-corrected chi connectivity index (χ4v) is 5.82. The van der Waals surface area contributed by atoms with Crippen LogP contribution in [-0.4, -0.2) is 49.4 Å². The van der Waals surface area contributed by atoms with Gasteiger partial charge < -0.3 is 10.2 Å². The van der Waals surface area contributed by atoms with Gasteiger partial charge in [-0.2, -0.15) is 0 Å². The monoisotopic (exact) mass is 425 g/mol. The number of amides is 1. The van der Waals surface area contributed by atoms with E-state index in [1.807, 2.05) is 29.5 Å². The lowest BCUT2D eigenvalue weighted by molar-refractivity contribution is -0.122. The zero-order valence-corrected chi connectivity index (χ0v) is 18.5. The van der Waals surface area contributed by atoms with Crippen molar-refractivity contribution >= 4 is 28.6 Å². The van der Waals surface area contributed by atoms with Gasteiger partial charge in [0.2, 0.25) is 5.91 Å². The Balaban J connectivity index is 1.43. The Morgan fingerprint density at radius 3 is 2.69 bits per heavy atom. The molecule has 3 heterocycles. The maximum atomic E-state index is 12.9. The van der Waals surface area contributed by atoms with Gasteiger partial charge in [-0.25, -0.2) is 0 Å². The molecule has 0 spiro atoms. The van der Waals surface area contributed by atoms with Crippen LogP contribution in [0.3, 0.4) is 0 Å². The van der Waals surface area contributed by atoms with Crippen molar-refractivity contribution < 1.29 is 4.79 Å². The molecule has 1 aromatic carbocycles. The summed E-state index contributed by atoms with van der Waals surface area (Å²) in [6.45, 7) is 1.95. The molecule has 0 saturated heterocycles. The Kier molecular flexibility index (Phi) is 6.45. The summed E-state index contributed by atoms with van der Waals surface area (Å²) in [5.74, 6) is 0.0908. The van der Waals surface area contributed by atoms with E-state index < -0.39 is 0 Å². The smallest absolute Gasteiger partial charge is 0.234 e. The number of hydrogen-bond acceptors (Lipinski definition) is 5. The minimum absolute atomic E-state index is 0.0908. The fraction of sp³-hybridized carbons (Fsp3) is 0.348. The molecule has 4 nitrogen and oxygen atoms in total. The van der Waals surface area contributed by atoms with Crippen LogP contribution in [0.15, 0.2) is 59.3 Å². The number of nitrogens with zero attached hydrogens (tertiary/aromatic N) is 2. The summed E-state index contributed by atoms with van der Waals surface area (Å²) in [4.78, 5) is 20.1. The van der Waals surface area contributed by atoms with Crippen molar-refractivity contribution in [1.29, 1.82) is 0 Å². The molecule has 4 rings (SSSR count). The van der Waals surface area contributed by atoms with E-state index in [0.717, 1.165) is 13.0 Å². The van der Waals surface area contributed by atoms with Gasteiger partial charge in [-0.1, -0.05) is 36.4 Å². The van der Waals surface area contributed by atoms with Crippen molar-refractivity contribution in [2.24, 2.45) is 0 Å². The second kappa shape index (κ2) is 9.22. The summed E-state index contributed by atoms with van der Waals surface area (Å²) in [6, 6.07) is 17.2. The van der Waals surface area contributed by atoms with Crippen molar-refractivity contribution in [2.45, 2.75) is 18.5 Å². The van der Waals surface area contributed by atoms with Crippen LogP contribution < -0.4 is 5.32 Å². The van der Waals surface area contributed by atoms with E-state index in [4.69, 9.17) is 0 Å². The number of likely N-dealkylation sites (N-methyl/N-ethyl adjacent to an activating group) is 1. The molecule has 3 aromatic rings. The molecule has 0 radical (unpaired) electrons. The minimum Gasteiger partial charge on any atom is -0.353 e. The van der Waals surface area contributed by atoms with Gasteiger partial charge in [-0.3, -0.25) is 9.69 Å². The van der Waals surface area contributed by atoms with Crippen molar-refractivity contribution in [2.75, 3.05) is 33.7 Å². The Hall–Kier alpha value is -1.99. The number of nitrogens with one attached hydrogen (secondary N) is 1. The highest BCUT2D eigenvalue weighted by Crippen LogP contribution is 2.39. The zero-order valence-electron chi connectivity index (χ0n) is 16.9. The van der Waals surface area contributed by atoms with Gasteiger partial charge in [0.25, 0.3) is 0 Å². The number of rotatable bonds is 7. The van der Waals surface area contributed by atoms with E-state index in [1.165, 1.54) is 20.9 Å². The van der Waals surface area contributed by atoms with Gasteiger partial charge in [0.1, 0.15) is 0 Å². The second-order valence-corrected chi connectivity index (χ2v) is 9.61. The topological polar surface area (TPSA) is 35.6 Å². The maximum absolute atomic E-state index is 12.9. The molecule has 152 valence electrons. The number of benzene rings is 1. The van der Waals surface area contributed by atoms with Crippen molar-refractivity contribution in [3.8, 4) is 0 Å². The summed E-state index contributed by atoms with van der Waals surface area (Å²) in [5.41, 5.74) is 2.59. The highest BCUT2D eigenvalue weighted by molar-refractivity contribution is 7.10. The van der Waals surface area contributed by atoms with E-state index in [1.54, 1.807) is 11.3 Å². The highest BCUT2D eigenvalue weighted by atomic mass is 32.1. The Bertz CT molecular complexity index is 921. The van der Waals surface area contributed by atoms with Gasteiger partial charge in [-0.15, -0.1) is 22.7 Å². The van der Waals surface area contributed by atoms with Crippen LogP contribution in [0, 0.1) is 0 Å². The molecule has 29 heavy (non-hydrogen) atoms. The van der Waals surface area contributed by atoms with Gasteiger partial charge in [-0.05, 0) is 54.5 Å². The van der Waals surface area contributed by atoms with E-state index in [0.29, 0.717) is 13.1 Å². The second-order valence-electron chi connectivity index (χ2n) is 7.63. The average Bonchev–Trinajstić information content (AvgIpc) is 3.40. The Morgan fingerprint density at radius 1 is 1.14 bits per heavy atom. The minimum atomic E-state index is 0.0908. The number of fused-ring (bicyclic) bond motifs is 1. The number of carbonyl (C=O) groups is 1. The molecular weight excluding hydrogens is 398 g/mol. The van der Waals surface area contributed by atoms with Gasteiger partial charge >= 0.3 is 0 Å². The predicted octanol–water partition coefficient (Wildman–Crippen LogP) is 4.18. The van der Waals surface area contributed by atoms with Crippen LogP contribution in [0.2, 0.25) is 0 Å². The third-order valence-corrected chi connectivity index (χ3v) is 7.45. The van der Waals surface area contributed by atoms with Crippen molar-refractivity contribution in [3.63, 3.8) is 0 Å². The summed E-state index contributed by atoms with van der Waals surface area (Å²) in [7, 11) is 4.11. The quantitative estimate of drug-likeness (QED) is 0.617. The normalized spacial score (nSPS) is 17.8. The third kappa shape index (κ3) is 4.61. The molecule has 1 aliphatic rings. The van der Waals surface area contributed by atoms with E-state index in [9.17, 15) is 4.79 Å². The summed E-state index contributed by atoms with van der Waals surface area (Å²) >= 11 is 3.61. The lowest BCUT2D eigenvalue weighted by Gasteiger charge is -2.35. The lowest BCUT2D eigenvalue weighted by atomic mass is 9.98. The molecule has 2 aromatic heterocycles. The molecular formula is C23H27N3OS2. The van der Waals surface area contributed by atoms with Crippen molar-refractivity contribution in [1.82, 2.24) is 15.1 Å². The maximum Gasteiger partial charge on any atom is 0.234 e. The highest BCUT2D eigenvalue weighted by Gasteiger charge is 2.31. The molecule has 0 saturated carbocycles. The Morgan fingerprint density at radius 2 is 1.97 bits per heavy atom. The molecule has 6 heteroatoms. The molecule has 0 bridgehead atoms. The number of thiophene rings is 2. The standard InChI is InChI=1S/C23H27N3OS2/c1-25(2)19(17-7-4-3-5-8-17)15-24-22(27)16-26-12-10-20-18(11-14-29-20)23(26)21-9-6-13-28-21/h3-9,11,13-14,19,23H,10,12,15-16H2,1-2H3,(H,24,27). The molecule has 2 unspecified atom stereocenters. The van der Waals surface area contributed by atoms with Gasteiger partial charge in [0.15, 0.2) is 0 Å². The molecule has 0 fully saturated rings. The zero-order chi connectivity index (χ0) is 20.2. The van der Waals surface area contributed by atoms with Crippen LogP contribution in [0.25, 0.3) is 0 Å². The predicted molar refractivity (Wildman–Crippen MR) is 122 cm³/mol. The van der Waals surface area contributed by atoms with E-state index in [-0.39, 0.29) is 18.0 Å². The van der Waals surface area contributed by atoms with Crippen LogP contribution >= 0.6 is 22.7 Å². The number of hydrogen-bond donors (Lipinski definition) is 1. The van der Waals surface area contributed by atoms with Gasteiger partial charge in [0, 0.05) is 22.8 Å². The SMILES string of the molecule is CN(C)C(CNC(=O)CN1CCc2sccc2C1c1cccs1)c1ccccc1. The van der Waals surface area contributed by atoms with E-state index in [2.05, 4.69) is 70.3 Å². The number of carbonyl (C=O) groups excluding carboxylic acids is 1. The lowest BCUT2D eigenvalue weighted by Crippen LogP contribution is -2.44. The third-order valence-electron chi connectivity index (χ3n) is 5.53. The van der Waals surface area contributed by atoms with Crippen LogP contribution in [0.1, 0.15) is 33.0 Å². The fourth-order valence-electron chi connectivity index (χ4n) is 4.04. The largest absolute Gasteiger partial charge is 0.353 e. The van der Waals surface area contributed by atoms with Gasteiger partial charge in [0.05, 0.1) is 18.6 Å². The molecule has 1 N–H and O–H groups in total. The van der Waals surface area contributed by atoms with Crippen LogP contribution in [-0.2, 0) is 11.2 Å². The first kappa shape index (κ1) is 20.3. The Labute approximate surface area is 180 Å². The molecule has 1 aliphatic heterocycles. The first-order valence-corrected chi connectivity index (χ1v) is 11.7.